The number of nitrogens with zero attached hydrogens (tertiary/aromatic N) is 2. The largest absolute Gasteiger partial charge is 0.298 e. The molecule has 1 atom stereocenters. The molecule has 2 aromatic carbocycles. The monoisotopic (exact) mass is 414 g/mol. The Bertz CT molecular complexity index is 671. The van der Waals surface area contributed by atoms with Crippen molar-refractivity contribution in [3.63, 3.8) is 0 Å². The van der Waals surface area contributed by atoms with Gasteiger partial charge in [0.2, 0.25) is 0 Å². The van der Waals surface area contributed by atoms with Crippen LogP contribution in [0.2, 0.25) is 0 Å². The molecule has 0 heterocycles. The molecule has 0 amide bonds. The van der Waals surface area contributed by atoms with Gasteiger partial charge in [-0.05, 0) is 60.6 Å². The Labute approximate surface area is 188 Å². The minimum absolute atomic E-state index is 0.753. The van der Waals surface area contributed by atoms with Crippen LogP contribution in [-0.4, -0.2) is 42.3 Å². The van der Waals surface area contributed by atoms with E-state index < -0.39 is 0 Å². The van der Waals surface area contributed by atoms with Crippen LogP contribution in [0.5, 0.6) is 0 Å². The first-order valence-electron chi connectivity index (χ1n) is 11.9. The van der Waals surface area contributed by atoms with E-state index >= 15 is 0 Å². The van der Waals surface area contributed by atoms with Gasteiger partial charge >= 0.3 is 0 Å². The molecular weight excluding hydrogens is 364 g/mol. The van der Waals surface area contributed by atoms with Crippen molar-refractivity contribution < 1.29 is 0 Å². The fourth-order valence-electron chi connectivity index (χ4n) is 3.34. The average molecular weight is 415 g/mol. The number of benzene rings is 2. The maximum Gasteiger partial charge on any atom is 0.132 e. The number of hydrogen-bond acceptors (Lipinski definition) is 0. The van der Waals surface area contributed by atoms with Crippen molar-refractivity contribution in [2.45, 2.75) is 60.3 Å². The quantitative estimate of drug-likeness (QED) is 0.396. The van der Waals surface area contributed by atoms with Crippen molar-refractivity contribution >= 4 is 11.4 Å². The average Bonchev–Trinajstić information content (AvgIpc) is 2.73. The smallest absolute Gasteiger partial charge is 0.132 e. The summed E-state index contributed by atoms with van der Waals surface area (Å²) in [7, 11) is 13.3. The maximum absolute atomic E-state index is 2.32. The van der Waals surface area contributed by atoms with Gasteiger partial charge in [-0.3, -0.25) is 8.97 Å². The number of quaternary nitrogens is 2. The van der Waals surface area contributed by atoms with Crippen molar-refractivity contribution in [2.24, 2.45) is 5.92 Å². The van der Waals surface area contributed by atoms with Gasteiger partial charge in [0.05, 0.1) is 42.3 Å². The Morgan fingerprint density at radius 2 is 0.967 bits per heavy atom. The second-order valence-electron chi connectivity index (χ2n) is 9.37. The van der Waals surface area contributed by atoms with Gasteiger partial charge in [0.1, 0.15) is 11.4 Å². The fourth-order valence-corrected chi connectivity index (χ4v) is 3.34. The van der Waals surface area contributed by atoms with Crippen molar-refractivity contribution in [2.75, 3.05) is 42.3 Å². The molecule has 0 aromatic heterocycles. The van der Waals surface area contributed by atoms with E-state index in [9.17, 15) is 0 Å². The van der Waals surface area contributed by atoms with E-state index in [0.717, 1.165) is 14.9 Å². The molecule has 0 saturated carbocycles. The Hall–Kier alpha value is -1.64. The zero-order chi connectivity index (χ0) is 23.4. The third-order valence-corrected chi connectivity index (χ3v) is 5.36. The normalized spacial score (nSPS) is 12.2. The highest BCUT2D eigenvalue weighted by molar-refractivity contribution is 5.43. The van der Waals surface area contributed by atoms with Crippen LogP contribution in [0.15, 0.2) is 48.5 Å². The van der Waals surface area contributed by atoms with E-state index in [1.807, 2.05) is 27.7 Å². The molecule has 0 fully saturated rings. The summed E-state index contributed by atoms with van der Waals surface area (Å²) in [6.45, 7) is 10.3. The summed E-state index contributed by atoms with van der Waals surface area (Å²) in [5.41, 5.74) is 5.65. The zero-order valence-corrected chi connectivity index (χ0v) is 21.9. The highest BCUT2D eigenvalue weighted by atomic mass is 15.3. The summed E-state index contributed by atoms with van der Waals surface area (Å²) in [4.78, 5) is 0. The van der Waals surface area contributed by atoms with Crippen LogP contribution in [-0.2, 0) is 12.8 Å². The minimum Gasteiger partial charge on any atom is -0.298 e. The fraction of sp³-hybridized carbons (Fsp3) is 0.571. The van der Waals surface area contributed by atoms with E-state index in [0.29, 0.717) is 0 Å². The Morgan fingerprint density at radius 3 is 1.30 bits per heavy atom. The second-order valence-corrected chi connectivity index (χ2v) is 9.37. The van der Waals surface area contributed by atoms with Crippen LogP contribution in [0.1, 0.15) is 58.6 Å². The molecular formula is C28H50N2+2. The molecule has 2 rings (SSSR count). The number of aryl methyl sites for hydroxylation is 1. The van der Waals surface area contributed by atoms with Gasteiger partial charge in [0.25, 0.3) is 0 Å². The van der Waals surface area contributed by atoms with E-state index in [4.69, 9.17) is 0 Å². The van der Waals surface area contributed by atoms with Gasteiger partial charge in [-0.15, -0.1) is 0 Å². The lowest BCUT2D eigenvalue weighted by molar-refractivity contribution is 0.466. The molecule has 0 saturated heterocycles. The zero-order valence-electron chi connectivity index (χ0n) is 21.9. The van der Waals surface area contributed by atoms with Crippen LogP contribution < -0.4 is 8.97 Å². The topological polar surface area (TPSA) is 0 Å². The summed E-state index contributed by atoms with van der Waals surface area (Å²) < 4.78 is 1.75. The molecule has 0 aliphatic heterocycles. The predicted molar refractivity (Wildman–Crippen MR) is 141 cm³/mol. The Balaban J connectivity index is 0.00000198. The molecule has 2 aromatic rings. The number of hydrogen-bond donors (Lipinski definition) is 0. The summed E-state index contributed by atoms with van der Waals surface area (Å²) in [5.74, 6) is 0.753. The molecule has 170 valence electrons. The first-order chi connectivity index (χ1) is 14.1. The molecule has 0 aliphatic rings. The lowest BCUT2D eigenvalue weighted by Crippen LogP contribution is -2.34. The van der Waals surface area contributed by atoms with Crippen molar-refractivity contribution in [3.8, 4) is 0 Å². The van der Waals surface area contributed by atoms with Crippen LogP contribution in [0.25, 0.3) is 0 Å². The minimum atomic E-state index is 0.753. The highest BCUT2D eigenvalue weighted by Gasteiger charge is 2.14. The van der Waals surface area contributed by atoms with Crippen LogP contribution in [0.3, 0.4) is 0 Å². The first-order valence-corrected chi connectivity index (χ1v) is 11.9. The summed E-state index contributed by atoms with van der Waals surface area (Å²) >= 11 is 0. The van der Waals surface area contributed by atoms with Crippen LogP contribution in [0.4, 0.5) is 11.4 Å². The molecule has 2 nitrogen and oxygen atoms in total. The highest BCUT2D eigenvalue weighted by Crippen LogP contribution is 2.23. The second kappa shape index (κ2) is 13.6. The third-order valence-electron chi connectivity index (χ3n) is 5.36. The van der Waals surface area contributed by atoms with Gasteiger partial charge in [-0.1, -0.05) is 65.3 Å². The molecule has 0 bridgehead atoms. The first kappa shape index (κ1) is 28.4. The van der Waals surface area contributed by atoms with Crippen LogP contribution >= 0.6 is 0 Å². The summed E-state index contributed by atoms with van der Waals surface area (Å²) in [5, 5.41) is 0. The molecule has 0 N–H and O–H groups in total. The lowest BCUT2D eigenvalue weighted by atomic mass is 9.91. The van der Waals surface area contributed by atoms with E-state index in [1.165, 1.54) is 48.2 Å². The van der Waals surface area contributed by atoms with Gasteiger partial charge in [0, 0.05) is 0 Å². The molecule has 0 spiro atoms. The van der Waals surface area contributed by atoms with Gasteiger partial charge in [-0.25, -0.2) is 0 Å². The van der Waals surface area contributed by atoms with Crippen molar-refractivity contribution in [3.05, 3.63) is 59.7 Å². The molecule has 2 heteroatoms. The van der Waals surface area contributed by atoms with E-state index in [2.05, 4.69) is 97.7 Å². The molecule has 0 aliphatic carbocycles. The molecule has 0 radical (unpaired) electrons. The van der Waals surface area contributed by atoms with Crippen molar-refractivity contribution in [1.29, 1.82) is 0 Å². The standard InChI is InChI=1S/C24H38N2.2C2H6/c1-8-20(19-22-13-17-24(18-14-22)26(5,6)7)9-10-21-11-15-23(16-12-21)25(2,3)4;2*1-2/h11-18,20H,8-10,19H2,1-7H3;2*1-2H3/q+2;;. The molecule has 30 heavy (non-hydrogen) atoms. The van der Waals surface area contributed by atoms with E-state index in [1.54, 1.807) is 0 Å². The van der Waals surface area contributed by atoms with Gasteiger partial charge < -0.3 is 0 Å². The molecule has 1 unspecified atom stereocenters. The summed E-state index contributed by atoms with van der Waals surface area (Å²) in [6.07, 6.45) is 4.86. The Kier molecular flexibility index (Phi) is 12.9. The van der Waals surface area contributed by atoms with Crippen LogP contribution in [0, 0.1) is 5.92 Å². The van der Waals surface area contributed by atoms with Gasteiger partial charge in [0.15, 0.2) is 0 Å². The lowest BCUT2D eigenvalue weighted by Gasteiger charge is -2.24. The SMILES string of the molecule is CC.CC.CCC(CCc1ccc([N+](C)(C)C)cc1)Cc1ccc([N+](C)(C)C)cc1. The predicted octanol–water partition coefficient (Wildman–Crippen LogP) is 7.33. The van der Waals surface area contributed by atoms with Crippen molar-refractivity contribution in [1.82, 2.24) is 8.97 Å². The number of rotatable bonds is 8. The van der Waals surface area contributed by atoms with Gasteiger partial charge in [-0.2, -0.15) is 0 Å². The Morgan fingerprint density at radius 1 is 0.600 bits per heavy atom. The van der Waals surface area contributed by atoms with E-state index in [-0.39, 0.29) is 0 Å². The maximum atomic E-state index is 2.32. The third kappa shape index (κ3) is 9.91. The summed E-state index contributed by atoms with van der Waals surface area (Å²) in [6, 6.07) is 18.4.